The van der Waals surface area contributed by atoms with Gasteiger partial charge in [0, 0.05) is 44.8 Å². The van der Waals surface area contributed by atoms with Gasteiger partial charge < -0.3 is 14.5 Å². The maximum absolute atomic E-state index is 13.1. The summed E-state index contributed by atoms with van der Waals surface area (Å²) in [5.41, 5.74) is 3.97. The number of anilines is 1. The standard InChI is InChI=1S/C24H28N4O4S2/c1-17-3-4-18(2)22-21(17)25-24(33-22)27-11-9-26(10-12-27)23(29)19-5-7-20(8-6-19)34(30,31)28-13-15-32-16-14-28/h3-8H,9-16H2,1-2H3. The average molecular weight is 501 g/mol. The summed E-state index contributed by atoms with van der Waals surface area (Å²) in [4.78, 5) is 22.2. The van der Waals surface area contributed by atoms with Crippen molar-refractivity contribution in [1.29, 1.82) is 0 Å². The fourth-order valence-electron chi connectivity index (χ4n) is 4.37. The van der Waals surface area contributed by atoms with Crippen LogP contribution in [0.15, 0.2) is 41.3 Å². The number of thiazole rings is 1. The number of carbonyl (C=O) groups is 1. The number of fused-ring (bicyclic) bond motifs is 1. The number of aryl methyl sites for hydroxylation is 2. The molecule has 0 aliphatic carbocycles. The van der Waals surface area contributed by atoms with Gasteiger partial charge in [-0.1, -0.05) is 23.5 Å². The molecule has 2 fully saturated rings. The monoisotopic (exact) mass is 500 g/mol. The minimum absolute atomic E-state index is 0.0778. The van der Waals surface area contributed by atoms with E-state index >= 15 is 0 Å². The van der Waals surface area contributed by atoms with Crippen LogP contribution in [0.2, 0.25) is 0 Å². The van der Waals surface area contributed by atoms with E-state index in [4.69, 9.17) is 9.72 Å². The number of hydrogen-bond donors (Lipinski definition) is 0. The predicted molar refractivity (Wildman–Crippen MR) is 133 cm³/mol. The molecule has 0 saturated carbocycles. The Balaban J connectivity index is 1.24. The lowest BCUT2D eigenvalue weighted by molar-refractivity contribution is 0.0730. The molecule has 180 valence electrons. The topological polar surface area (TPSA) is 83.1 Å². The third kappa shape index (κ3) is 4.31. The van der Waals surface area contributed by atoms with Crippen molar-refractivity contribution in [1.82, 2.24) is 14.2 Å². The lowest BCUT2D eigenvalue weighted by Gasteiger charge is -2.34. The van der Waals surface area contributed by atoms with E-state index in [0.29, 0.717) is 58.0 Å². The highest BCUT2D eigenvalue weighted by Gasteiger charge is 2.28. The second-order valence-corrected chi connectivity index (χ2v) is 11.6. The summed E-state index contributed by atoms with van der Waals surface area (Å²) in [5, 5.41) is 0.997. The quantitative estimate of drug-likeness (QED) is 0.548. The van der Waals surface area contributed by atoms with E-state index in [1.165, 1.54) is 32.3 Å². The smallest absolute Gasteiger partial charge is 0.253 e. The molecule has 0 atom stereocenters. The number of morpholine rings is 1. The van der Waals surface area contributed by atoms with Gasteiger partial charge in [0.1, 0.15) is 0 Å². The van der Waals surface area contributed by atoms with Gasteiger partial charge in [0.2, 0.25) is 10.0 Å². The maximum atomic E-state index is 13.1. The van der Waals surface area contributed by atoms with Crippen molar-refractivity contribution in [2.24, 2.45) is 0 Å². The molecule has 2 aromatic carbocycles. The number of sulfonamides is 1. The van der Waals surface area contributed by atoms with Crippen LogP contribution in [0.4, 0.5) is 5.13 Å². The summed E-state index contributed by atoms with van der Waals surface area (Å²) in [6.07, 6.45) is 0. The van der Waals surface area contributed by atoms with Crippen LogP contribution < -0.4 is 4.90 Å². The molecule has 0 bridgehead atoms. The molecule has 0 radical (unpaired) electrons. The molecule has 2 saturated heterocycles. The van der Waals surface area contributed by atoms with Gasteiger partial charge in [-0.05, 0) is 49.2 Å². The molecule has 5 rings (SSSR count). The second-order valence-electron chi connectivity index (χ2n) is 8.69. The molecule has 1 aromatic heterocycles. The van der Waals surface area contributed by atoms with Crippen molar-refractivity contribution in [3.05, 3.63) is 53.1 Å². The van der Waals surface area contributed by atoms with E-state index < -0.39 is 10.0 Å². The molecule has 2 aliphatic rings. The Hall–Kier alpha value is -2.53. The molecular weight excluding hydrogens is 472 g/mol. The minimum Gasteiger partial charge on any atom is -0.379 e. The largest absolute Gasteiger partial charge is 0.379 e. The summed E-state index contributed by atoms with van der Waals surface area (Å²) in [5.74, 6) is -0.0778. The molecule has 0 spiro atoms. The number of carbonyl (C=O) groups excluding carboxylic acids is 1. The van der Waals surface area contributed by atoms with Crippen molar-refractivity contribution in [2.45, 2.75) is 18.7 Å². The molecule has 2 aliphatic heterocycles. The second kappa shape index (κ2) is 9.26. The zero-order valence-electron chi connectivity index (χ0n) is 19.4. The van der Waals surface area contributed by atoms with Crippen LogP contribution in [0.3, 0.4) is 0 Å². The average Bonchev–Trinajstić information content (AvgIpc) is 3.34. The van der Waals surface area contributed by atoms with Gasteiger partial charge in [-0.25, -0.2) is 13.4 Å². The van der Waals surface area contributed by atoms with E-state index in [-0.39, 0.29) is 10.8 Å². The van der Waals surface area contributed by atoms with Gasteiger partial charge in [0.25, 0.3) is 5.91 Å². The Morgan fingerprint density at radius 1 is 0.912 bits per heavy atom. The van der Waals surface area contributed by atoms with Crippen LogP contribution in [0, 0.1) is 13.8 Å². The van der Waals surface area contributed by atoms with Gasteiger partial charge in [0.15, 0.2) is 5.13 Å². The van der Waals surface area contributed by atoms with Crippen molar-refractivity contribution in [3.8, 4) is 0 Å². The van der Waals surface area contributed by atoms with Crippen LogP contribution >= 0.6 is 11.3 Å². The highest BCUT2D eigenvalue weighted by Crippen LogP contribution is 2.33. The predicted octanol–water partition coefficient (Wildman–Crippen LogP) is 2.90. The van der Waals surface area contributed by atoms with Crippen molar-refractivity contribution < 1.29 is 17.9 Å². The van der Waals surface area contributed by atoms with Crippen LogP contribution in [-0.2, 0) is 14.8 Å². The lowest BCUT2D eigenvalue weighted by atomic mass is 10.1. The van der Waals surface area contributed by atoms with Gasteiger partial charge >= 0.3 is 0 Å². The number of ether oxygens (including phenoxy) is 1. The molecule has 10 heteroatoms. The highest BCUT2D eigenvalue weighted by atomic mass is 32.2. The molecule has 3 heterocycles. The fraction of sp³-hybridized carbons (Fsp3) is 0.417. The summed E-state index contributed by atoms with van der Waals surface area (Å²) in [6, 6.07) is 10.5. The SMILES string of the molecule is Cc1ccc(C)c2sc(N3CCN(C(=O)c4ccc(S(=O)(=O)N5CCOCC5)cc4)CC3)nc12. The van der Waals surface area contributed by atoms with Crippen LogP contribution in [-0.4, -0.2) is 81.0 Å². The first-order valence-electron chi connectivity index (χ1n) is 11.4. The normalized spacial score (nSPS) is 17.9. The summed E-state index contributed by atoms with van der Waals surface area (Å²) < 4.78 is 33.5. The van der Waals surface area contributed by atoms with Gasteiger partial charge in [-0.15, -0.1) is 0 Å². The first-order chi connectivity index (χ1) is 16.3. The number of amides is 1. The molecule has 34 heavy (non-hydrogen) atoms. The Morgan fingerprint density at radius 2 is 1.56 bits per heavy atom. The van der Waals surface area contributed by atoms with E-state index in [2.05, 4.69) is 30.9 Å². The Labute approximate surface area is 203 Å². The van der Waals surface area contributed by atoms with Crippen LogP contribution in [0.25, 0.3) is 10.2 Å². The Bertz CT molecular complexity index is 1270. The summed E-state index contributed by atoms with van der Waals surface area (Å²) in [7, 11) is -3.57. The number of rotatable bonds is 4. The van der Waals surface area contributed by atoms with Crippen LogP contribution in [0.1, 0.15) is 21.5 Å². The van der Waals surface area contributed by atoms with Crippen molar-refractivity contribution >= 4 is 42.6 Å². The van der Waals surface area contributed by atoms with E-state index in [1.807, 2.05) is 4.90 Å². The number of nitrogens with zero attached hydrogens (tertiary/aromatic N) is 4. The number of piperazine rings is 1. The van der Waals surface area contributed by atoms with Crippen molar-refractivity contribution in [2.75, 3.05) is 57.4 Å². The Morgan fingerprint density at radius 3 is 2.21 bits per heavy atom. The summed E-state index contributed by atoms with van der Waals surface area (Å²) in [6.45, 7) is 8.32. The van der Waals surface area contributed by atoms with E-state index in [0.717, 1.165) is 10.6 Å². The molecule has 3 aromatic rings. The number of benzene rings is 2. The first kappa shape index (κ1) is 23.2. The highest BCUT2D eigenvalue weighted by molar-refractivity contribution is 7.89. The third-order valence-corrected chi connectivity index (χ3v) is 9.64. The van der Waals surface area contributed by atoms with E-state index in [1.54, 1.807) is 23.5 Å². The third-order valence-electron chi connectivity index (χ3n) is 6.48. The molecule has 0 unspecified atom stereocenters. The molecule has 0 N–H and O–H groups in total. The molecular formula is C24H28N4O4S2. The van der Waals surface area contributed by atoms with Gasteiger partial charge in [-0.3, -0.25) is 4.79 Å². The first-order valence-corrected chi connectivity index (χ1v) is 13.7. The number of hydrogen-bond acceptors (Lipinski definition) is 7. The van der Waals surface area contributed by atoms with E-state index in [9.17, 15) is 13.2 Å². The van der Waals surface area contributed by atoms with Gasteiger partial charge in [0.05, 0.1) is 28.3 Å². The molecule has 8 nitrogen and oxygen atoms in total. The zero-order chi connectivity index (χ0) is 23.9. The van der Waals surface area contributed by atoms with Crippen LogP contribution in [0.5, 0.6) is 0 Å². The minimum atomic E-state index is -3.57. The lowest BCUT2D eigenvalue weighted by Crippen LogP contribution is -2.48. The number of aromatic nitrogens is 1. The summed E-state index contributed by atoms with van der Waals surface area (Å²) >= 11 is 1.71. The Kier molecular flexibility index (Phi) is 6.32. The zero-order valence-corrected chi connectivity index (χ0v) is 21.0. The van der Waals surface area contributed by atoms with Gasteiger partial charge in [-0.2, -0.15) is 4.31 Å². The maximum Gasteiger partial charge on any atom is 0.253 e. The van der Waals surface area contributed by atoms with Crippen molar-refractivity contribution in [3.63, 3.8) is 0 Å². The fourth-order valence-corrected chi connectivity index (χ4v) is 6.94. The molecule has 1 amide bonds.